The molecular formula is C25H27Cl2F3N4O5S. The lowest BCUT2D eigenvalue weighted by atomic mass is 9.93. The summed E-state index contributed by atoms with van der Waals surface area (Å²) in [5, 5.41) is 0.663. The number of nitrogens with zero attached hydrogens (tertiary/aromatic N) is 4. The molecule has 2 saturated heterocycles. The van der Waals surface area contributed by atoms with Crippen molar-refractivity contribution in [1.29, 1.82) is 0 Å². The van der Waals surface area contributed by atoms with Crippen LogP contribution < -0.4 is 4.74 Å². The number of piperazine rings is 1. The van der Waals surface area contributed by atoms with Gasteiger partial charge in [-0.15, -0.1) is 13.2 Å². The van der Waals surface area contributed by atoms with E-state index in [0.29, 0.717) is 10.0 Å². The molecule has 2 aromatic carbocycles. The topological polar surface area (TPSA) is 90.5 Å². The molecule has 4 rings (SSSR count). The smallest absolute Gasteiger partial charge is 0.406 e. The number of urea groups is 1. The summed E-state index contributed by atoms with van der Waals surface area (Å²) in [5.74, 6) is -1.25. The monoisotopic (exact) mass is 622 g/mol. The van der Waals surface area contributed by atoms with Gasteiger partial charge < -0.3 is 19.4 Å². The zero-order chi connectivity index (χ0) is 29.4. The molecule has 0 aromatic heterocycles. The summed E-state index contributed by atoms with van der Waals surface area (Å²) in [6, 6.07) is 8.91. The first-order valence-electron chi connectivity index (χ1n) is 12.2. The van der Waals surface area contributed by atoms with Crippen LogP contribution in [0, 0.1) is 0 Å². The normalized spacial score (nSPS) is 20.5. The Morgan fingerprint density at radius 1 is 0.950 bits per heavy atom. The molecule has 2 aliphatic heterocycles. The van der Waals surface area contributed by atoms with Gasteiger partial charge in [-0.2, -0.15) is 4.31 Å². The highest BCUT2D eigenvalue weighted by Crippen LogP contribution is 2.35. The van der Waals surface area contributed by atoms with Gasteiger partial charge in [0.1, 0.15) is 5.75 Å². The highest BCUT2D eigenvalue weighted by Gasteiger charge is 2.42. The van der Waals surface area contributed by atoms with Crippen molar-refractivity contribution in [3.8, 4) is 5.75 Å². The highest BCUT2D eigenvalue weighted by molar-refractivity contribution is 7.88. The van der Waals surface area contributed by atoms with Crippen LogP contribution >= 0.6 is 23.2 Å². The minimum Gasteiger partial charge on any atom is -0.406 e. The molecule has 0 radical (unpaired) electrons. The molecule has 0 unspecified atom stereocenters. The molecule has 40 heavy (non-hydrogen) atoms. The number of amides is 3. The Kier molecular flexibility index (Phi) is 8.79. The molecular weight excluding hydrogens is 596 g/mol. The molecule has 2 fully saturated rings. The average molecular weight is 623 g/mol. The van der Waals surface area contributed by atoms with Gasteiger partial charge in [0.15, 0.2) is 0 Å². The van der Waals surface area contributed by atoms with E-state index in [2.05, 4.69) is 4.74 Å². The van der Waals surface area contributed by atoms with Crippen molar-refractivity contribution < 1.29 is 35.9 Å². The number of carbonyl (C=O) groups is 2. The number of ether oxygens (including phenoxy) is 1. The lowest BCUT2D eigenvalue weighted by molar-refractivity contribution is -0.274. The molecule has 2 atom stereocenters. The van der Waals surface area contributed by atoms with Crippen molar-refractivity contribution in [2.24, 2.45) is 0 Å². The third-order valence-corrected chi connectivity index (χ3v) is 9.10. The van der Waals surface area contributed by atoms with Crippen LogP contribution in [0.2, 0.25) is 10.0 Å². The SMILES string of the molecule is CN(C(=O)c1ccc(OC(F)(F)F)cc1)[C@@H]1CN(C(=O)N2CCN(S(C)(=O)=O)CC2)C[C@H]1c1ccc(Cl)c(Cl)c1. The largest absolute Gasteiger partial charge is 0.573 e. The number of alkyl halides is 3. The number of rotatable bonds is 5. The number of likely N-dealkylation sites (tertiary alicyclic amines) is 1. The molecule has 0 N–H and O–H groups in total. The number of halogens is 5. The van der Waals surface area contributed by atoms with Crippen LogP contribution in [-0.2, 0) is 10.0 Å². The lowest BCUT2D eigenvalue weighted by Gasteiger charge is -2.35. The molecule has 3 amide bonds. The summed E-state index contributed by atoms with van der Waals surface area (Å²) in [5.41, 5.74) is 0.900. The van der Waals surface area contributed by atoms with E-state index in [0.717, 1.165) is 24.0 Å². The zero-order valence-corrected chi connectivity index (χ0v) is 23.9. The molecule has 0 spiro atoms. The predicted octanol–water partition coefficient (Wildman–Crippen LogP) is 4.13. The minimum absolute atomic E-state index is 0.145. The van der Waals surface area contributed by atoms with Gasteiger partial charge in [-0.1, -0.05) is 29.3 Å². The van der Waals surface area contributed by atoms with E-state index >= 15 is 0 Å². The van der Waals surface area contributed by atoms with Crippen LogP contribution in [0.5, 0.6) is 5.75 Å². The molecule has 218 valence electrons. The van der Waals surface area contributed by atoms with Crippen molar-refractivity contribution in [3.63, 3.8) is 0 Å². The minimum atomic E-state index is -4.85. The van der Waals surface area contributed by atoms with Gasteiger partial charge >= 0.3 is 12.4 Å². The van der Waals surface area contributed by atoms with Crippen molar-refractivity contribution in [2.75, 3.05) is 52.6 Å². The maximum absolute atomic E-state index is 13.4. The maximum atomic E-state index is 13.4. The molecule has 2 aliphatic rings. The quantitative estimate of drug-likeness (QED) is 0.500. The van der Waals surface area contributed by atoms with E-state index < -0.39 is 34.1 Å². The fourth-order valence-electron chi connectivity index (χ4n) is 4.97. The Hall–Kier alpha value is -2.74. The van der Waals surface area contributed by atoms with Crippen LogP contribution in [0.25, 0.3) is 0 Å². The van der Waals surface area contributed by atoms with E-state index in [4.69, 9.17) is 23.2 Å². The first-order chi connectivity index (χ1) is 18.6. The van der Waals surface area contributed by atoms with E-state index in [1.165, 1.54) is 21.3 Å². The van der Waals surface area contributed by atoms with Gasteiger partial charge in [-0.05, 0) is 42.0 Å². The van der Waals surface area contributed by atoms with Crippen LogP contribution in [0.1, 0.15) is 21.8 Å². The first kappa shape index (κ1) is 30.2. The number of carbonyl (C=O) groups excluding carboxylic acids is 2. The summed E-state index contributed by atoms with van der Waals surface area (Å²) in [6.07, 6.45) is -3.73. The van der Waals surface area contributed by atoms with Crippen molar-refractivity contribution in [2.45, 2.75) is 18.3 Å². The molecule has 2 heterocycles. The second-order valence-corrected chi connectivity index (χ2v) is 12.5. The Labute approximate surface area is 240 Å². The summed E-state index contributed by atoms with van der Waals surface area (Å²) >= 11 is 12.4. The van der Waals surface area contributed by atoms with Crippen LogP contribution in [0.3, 0.4) is 0 Å². The van der Waals surface area contributed by atoms with Crippen LogP contribution in [-0.4, -0.2) is 104 Å². The Bertz CT molecular complexity index is 1370. The lowest BCUT2D eigenvalue weighted by Crippen LogP contribution is -2.53. The highest BCUT2D eigenvalue weighted by atomic mass is 35.5. The first-order valence-corrected chi connectivity index (χ1v) is 14.8. The molecule has 0 bridgehead atoms. The second-order valence-electron chi connectivity index (χ2n) is 9.67. The standard InChI is InChI=1S/C25H27Cl2F3N4O5S/c1-31(23(35)16-3-6-18(7-4-16)39-25(28,29)30)22-15-33(14-19(22)17-5-8-20(26)21(27)13-17)24(36)32-9-11-34(12-10-32)40(2,37)38/h3-8,13,19,22H,9-12,14-15H2,1-2H3/t19-,22+/m0/s1. The summed E-state index contributed by atoms with van der Waals surface area (Å²) in [4.78, 5) is 31.5. The van der Waals surface area contributed by atoms with Crippen molar-refractivity contribution in [3.05, 3.63) is 63.6 Å². The fraction of sp³-hybridized carbons (Fsp3) is 0.440. The van der Waals surface area contributed by atoms with Gasteiger partial charge in [0, 0.05) is 57.8 Å². The Morgan fingerprint density at radius 2 is 1.57 bits per heavy atom. The third-order valence-electron chi connectivity index (χ3n) is 7.06. The molecule has 9 nitrogen and oxygen atoms in total. The van der Waals surface area contributed by atoms with Gasteiger partial charge in [-0.3, -0.25) is 4.79 Å². The summed E-state index contributed by atoms with van der Waals surface area (Å²) in [7, 11) is -1.80. The van der Waals surface area contributed by atoms with E-state index in [1.807, 2.05) is 0 Å². The maximum Gasteiger partial charge on any atom is 0.573 e. The predicted molar refractivity (Wildman–Crippen MR) is 143 cm³/mol. The van der Waals surface area contributed by atoms with Crippen molar-refractivity contribution >= 4 is 45.2 Å². The van der Waals surface area contributed by atoms with E-state index in [9.17, 15) is 31.2 Å². The number of likely N-dealkylation sites (N-methyl/N-ethyl adjacent to an activating group) is 1. The van der Waals surface area contributed by atoms with Crippen molar-refractivity contribution in [1.82, 2.24) is 19.0 Å². The van der Waals surface area contributed by atoms with Gasteiger partial charge in [0.05, 0.1) is 22.3 Å². The summed E-state index contributed by atoms with van der Waals surface area (Å²) < 4.78 is 66.5. The third kappa shape index (κ3) is 6.93. The molecule has 2 aromatic rings. The fourth-order valence-corrected chi connectivity index (χ4v) is 6.10. The zero-order valence-electron chi connectivity index (χ0n) is 21.6. The number of benzene rings is 2. The van der Waals surface area contributed by atoms with Gasteiger partial charge in [-0.25, -0.2) is 13.2 Å². The summed E-state index contributed by atoms with van der Waals surface area (Å²) in [6.45, 7) is 1.25. The Balaban J connectivity index is 1.54. The van der Waals surface area contributed by atoms with E-state index in [-0.39, 0.29) is 56.8 Å². The van der Waals surface area contributed by atoms with E-state index in [1.54, 1.807) is 35.0 Å². The molecule has 15 heteroatoms. The molecule has 0 aliphatic carbocycles. The number of sulfonamides is 1. The van der Waals surface area contributed by atoms with Crippen LogP contribution in [0.4, 0.5) is 18.0 Å². The molecule has 0 saturated carbocycles. The average Bonchev–Trinajstić information content (AvgIpc) is 3.33. The van der Waals surface area contributed by atoms with Gasteiger partial charge in [0.25, 0.3) is 5.91 Å². The second kappa shape index (κ2) is 11.6. The number of hydrogen-bond donors (Lipinski definition) is 0. The Morgan fingerprint density at radius 3 is 2.12 bits per heavy atom. The number of hydrogen-bond acceptors (Lipinski definition) is 5. The van der Waals surface area contributed by atoms with Gasteiger partial charge in [0.2, 0.25) is 10.0 Å². The van der Waals surface area contributed by atoms with Crippen LogP contribution in [0.15, 0.2) is 42.5 Å².